The minimum absolute atomic E-state index is 0.885. The van der Waals surface area contributed by atoms with Gasteiger partial charge in [-0.25, -0.2) is 0 Å². The molecule has 68 valence electrons. The predicted octanol–water partition coefficient (Wildman–Crippen LogP) is 3.69. The zero-order valence-electron chi connectivity index (χ0n) is 7.30. The lowest BCUT2D eigenvalue weighted by atomic mass is 10.1. The molecule has 1 nitrogen and oxygen atoms in total. The quantitative estimate of drug-likeness (QED) is 0.611. The van der Waals surface area contributed by atoms with E-state index >= 15 is 0 Å². The van der Waals surface area contributed by atoms with Gasteiger partial charge in [-0.3, -0.25) is 0 Å². The third kappa shape index (κ3) is 1.46. The molecule has 2 aromatic rings. The van der Waals surface area contributed by atoms with Gasteiger partial charge < -0.3 is 5.73 Å². The number of alkyl halides is 1. The number of benzene rings is 1. The molecule has 3 heteroatoms. The number of thiophene rings is 1. The van der Waals surface area contributed by atoms with E-state index in [2.05, 4.69) is 33.4 Å². The van der Waals surface area contributed by atoms with Crippen LogP contribution in [0.3, 0.4) is 0 Å². The second kappa shape index (κ2) is 3.31. The van der Waals surface area contributed by atoms with E-state index < -0.39 is 0 Å². The number of aryl methyl sites for hydroxylation is 1. The molecule has 0 fully saturated rings. The summed E-state index contributed by atoms with van der Waals surface area (Å²) in [7, 11) is 0. The molecule has 0 aliphatic heterocycles. The maximum Gasteiger partial charge on any atom is 0.0366 e. The van der Waals surface area contributed by atoms with Crippen LogP contribution in [0.5, 0.6) is 0 Å². The molecule has 1 heterocycles. The maximum absolute atomic E-state index is 5.83. The fourth-order valence-electron chi connectivity index (χ4n) is 1.35. The lowest BCUT2D eigenvalue weighted by molar-refractivity contribution is 1.48. The molecule has 0 spiro atoms. The van der Waals surface area contributed by atoms with E-state index in [1.54, 1.807) is 11.3 Å². The van der Waals surface area contributed by atoms with Gasteiger partial charge in [0, 0.05) is 15.7 Å². The van der Waals surface area contributed by atoms with Crippen LogP contribution in [0.15, 0.2) is 17.5 Å². The zero-order valence-corrected chi connectivity index (χ0v) is 9.71. The highest BCUT2D eigenvalue weighted by atomic mass is 79.9. The van der Waals surface area contributed by atoms with Crippen LogP contribution in [0, 0.1) is 6.92 Å². The van der Waals surface area contributed by atoms with Crippen LogP contribution >= 0.6 is 27.3 Å². The summed E-state index contributed by atoms with van der Waals surface area (Å²) in [5, 5.41) is 4.42. The van der Waals surface area contributed by atoms with Gasteiger partial charge in [-0.05, 0) is 40.9 Å². The number of fused-ring (bicyclic) bond motifs is 1. The van der Waals surface area contributed by atoms with E-state index in [4.69, 9.17) is 5.73 Å². The highest BCUT2D eigenvalue weighted by Crippen LogP contribution is 2.30. The van der Waals surface area contributed by atoms with Crippen molar-refractivity contribution in [1.82, 2.24) is 0 Å². The lowest BCUT2D eigenvalue weighted by Gasteiger charge is -2.00. The van der Waals surface area contributed by atoms with Gasteiger partial charge in [0.15, 0.2) is 0 Å². The Bertz CT molecular complexity index is 447. The van der Waals surface area contributed by atoms with Gasteiger partial charge in [0.2, 0.25) is 0 Å². The SMILES string of the molecule is Cc1cc2c(CBr)csc2cc1N. The summed E-state index contributed by atoms with van der Waals surface area (Å²) in [6.45, 7) is 2.05. The first kappa shape index (κ1) is 9.03. The Morgan fingerprint density at radius 2 is 2.23 bits per heavy atom. The van der Waals surface area contributed by atoms with Crippen LogP contribution in [0.2, 0.25) is 0 Å². The molecular weight excluding hydrogens is 246 g/mol. The number of hydrogen-bond donors (Lipinski definition) is 1. The average molecular weight is 256 g/mol. The molecule has 0 aliphatic carbocycles. The van der Waals surface area contributed by atoms with Crippen LogP contribution in [0.25, 0.3) is 10.1 Å². The molecule has 1 aromatic heterocycles. The fraction of sp³-hybridized carbons (Fsp3) is 0.200. The zero-order chi connectivity index (χ0) is 9.42. The third-order valence-corrected chi connectivity index (χ3v) is 3.78. The summed E-state index contributed by atoms with van der Waals surface area (Å²) in [6, 6.07) is 4.22. The van der Waals surface area contributed by atoms with Crippen LogP contribution in [-0.2, 0) is 5.33 Å². The van der Waals surface area contributed by atoms with Crippen LogP contribution in [0.4, 0.5) is 5.69 Å². The first-order valence-electron chi connectivity index (χ1n) is 4.04. The Kier molecular flexibility index (Phi) is 2.30. The molecular formula is C10H10BrNS. The summed E-state index contributed by atoms with van der Waals surface area (Å²) >= 11 is 5.23. The van der Waals surface area contributed by atoms with Crippen molar-refractivity contribution in [3.05, 3.63) is 28.6 Å². The monoisotopic (exact) mass is 255 g/mol. The van der Waals surface area contributed by atoms with E-state index in [1.165, 1.54) is 15.6 Å². The molecule has 0 aliphatic rings. The molecule has 0 bridgehead atoms. The number of rotatable bonds is 1. The second-order valence-electron chi connectivity index (χ2n) is 3.10. The molecule has 0 atom stereocenters. The standard InChI is InChI=1S/C10H10BrNS/c1-6-2-8-7(4-11)5-13-10(8)3-9(6)12/h2-3,5H,4,12H2,1H3. The summed E-state index contributed by atoms with van der Waals surface area (Å²) in [6.07, 6.45) is 0. The van der Waals surface area contributed by atoms with Crippen molar-refractivity contribution in [3.8, 4) is 0 Å². The number of halogens is 1. The van der Waals surface area contributed by atoms with Crippen molar-refractivity contribution in [2.75, 3.05) is 5.73 Å². The van der Waals surface area contributed by atoms with Crippen molar-refractivity contribution in [2.45, 2.75) is 12.3 Å². The third-order valence-electron chi connectivity index (χ3n) is 2.19. The topological polar surface area (TPSA) is 26.0 Å². The minimum Gasteiger partial charge on any atom is -0.398 e. The van der Waals surface area contributed by atoms with Crippen molar-refractivity contribution < 1.29 is 0 Å². The molecule has 1 aromatic carbocycles. The molecule has 0 saturated carbocycles. The number of nitrogens with two attached hydrogens (primary N) is 1. The minimum atomic E-state index is 0.885. The number of anilines is 1. The van der Waals surface area contributed by atoms with E-state index in [0.29, 0.717) is 0 Å². The van der Waals surface area contributed by atoms with Gasteiger partial charge in [-0.15, -0.1) is 11.3 Å². The Hall–Kier alpha value is -0.540. The van der Waals surface area contributed by atoms with Crippen LogP contribution in [-0.4, -0.2) is 0 Å². The van der Waals surface area contributed by atoms with Gasteiger partial charge in [-0.2, -0.15) is 0 Å². The summed E-state index contributed by atoms with van der Waals surface area (Å²) in [5.74, 6) is 0. The van der Waals surface area contributed by atoms with E-state index in [0.717, 1.165) is 16.6 Å². The van der Waals surface area contributed by atoms with Crippen LogP contribution in [0.1, 0.15) is 11.1 Å². The first-order chi connectivity index (χ1) is 6.22. The smallest absolute Gasteiger partial charge is 0.0366 e. The summed E-state index contributed by atoms with van der Waals surface area (Å²) in [4.78, 5) is 0. The average Bonchev–Trinajstić information content (AvgIpc) is 2.48. The van der Waals surface area contributed by atoms with Crippen molar-refractivity contribution >= 4 is 43.0 Å². The normalized spacial score (nSPS) is 10.9. The predicted molar refractivity (Wildman–Crippen MR) is 63.6 cm³/mol. The summed E-state index contributed by atoms with van der Waals surface area (Å²) < 4.78 is 1.28. The van der Waals surface area contributed by atoms with Crippen molar-refractivity contribution in [3.63, 3.8) is 0 Å². The highest BCUT2D eigenvalue weighted by Gasteiger charge is 2.04. The molecule has 0 radical (unpaired) electrons. The van der Waals surface area contributed by atoms with Gasteiger partial charge in [0.1, 0.15) is 0 Å². The molecule has 0 amide bonds. The Balaban J connectivity index is 2.77. The largest absolute Gasteiger partial charge is 0.398 e. The van der Waals surface area contributed by atoms with E-state index in [1.807, 2.05) is 6.92 Å². The van der Waals surface area contributed by atoms with Crippen molar-refractivity contribution in [1.29, 1.82) is 0 Å². The Morgan fingerprint density at radius 3 is 2.92 bits per heavy atom. The van der Waals surface area contributed by atoms with Gasteiger partial charge in [0.25, 0.3) is 0 Å². The lowest BCUT2D eigenvalue weighted by Crippen LogP contribution is -1.88. The number of nitrogen functional groups attached to an aromatic ring is 1. The molecule has 0 saturated heterocycles. The number of hydrogen-bond acceptors (Lipinski definition) is 2. The Morgan fingerprint density at radius 1 is 1.46 bits per heavy atom. The second-order valence-corrected chi connectivity index (χ2v) is 4.57. The van der Waals surface area contributed by atoms with Gasteiger partial charge in [0.05, 0.1) is 0 Å². The van der Waals surface area contributed by atoms with Gasteiger partial charge in [-0.1, -0.05) is 15.9 Å². The summed E-state index contributed by atoms with van der Waals surface area (Å²) in [5.41, 5.74) is 9.23. The van der Waals surface area contributed by atoms with E-state index in [-0.39, 0.29) is 0 Å². The molecule has 13 heavy (non-hydrogen) atoms. The Labute approximate surface area is 89.7 Å². The first-order valence-corrected chi connectivity index (χ1v) is 6.04. The van der Waals surface area contributed by atoms with Gasteiger partial charge >= 0.3 is 0 Å². The highest BCUT2D eigenvalue weighted by molar-refractivity contribution is 9.08. The molecule has 0 unspecified atom stereocenters. The molecule has 2 N–H and O–H groups in total. The molecule has 2 rings (SSSR count). The fourth-order valence-corrected chi connectivity index (χ4v) is 3.02. The van der Waals surface area contributed by atoms with E-state index in [9.17, 15) is 0 Å². The maximum atomic E-state index is 5.83. The van der Waals surface area contributed by atoms with Crippen molar-refractivity contribution in [2.24, 2.45) is 0 Å². The van der Waals surface area contributed by atoms with Crippen LogP contribution < -0.4 is 5.73 Å².